The molecule has 0 spiro atoms. The van der Waals surface area contributed by atoms with Crippen molar-refractivity contribution < 1.29 is 8.42 Å². The maximum atomic E-state index is 11.9. The molecule has 0 bridgehead atoms. The van der Waals surface area contributed by atoms with Crippen molar-refractivity contribution in [2.45, 2.75) is 50.3 Å². The maximum absolute atomic E-state index is 11.9. The summed E-state index contributed by atoms with van der Waals surface area (Å²) in [4.78, 5) is 0. The molecule has 1 N–H and O–H groups in total. The van der Waals surface area contributed by atoms with Crippen molar-refractivity contribution in [3.05, 3.63) is 35.4 Å². The van der Waals surface area contributed by atoms with Crippen molar-refractivity contribution in [3.8, 4) is 0 Å². The average Bonchev–Trinajstić information content (AvgIpc) is 2.32. The topological polar surface area (TPSA) is 46.2 Å². The predicted octanol–water partition coefficient (Wildman–Crippen LogP) is 3.04. The van der Waals surface area contributed by atoms with E-state index in [9.17, 15) is 8.42 Å². The lowest BCUT2D eigenvalue weighted by Crippen LogP contribution is -2.35. The van der Waals surface area contributed by atoms with Crippen LogP contribution in [0.25, 0.3) is 0 Å². The third-order valence-corrected chi connectivity index (χ3v) is 6.04. The van der Waals surface area contributed by atoms with Crippen LogP contribution in [0, 0.1) is 0 Å². The van der Waals surface area contributed by atoms with Gasteiger partial charge in [-0.2, -0.15) is 0 Å². The van der Waals surface area contributed by atoms with Crippen LogP contribution in [-0.4, -0.2) is 26.5 Å². The van der Waals surface area contributed by atoms with Crippen LogP contribution in [0.3, 0.4) is 0 Å². The molecule has 1 saturated carbocycles. The van der Waals surface area contributed by atoms with Gasteiger partial charge in [-0.25, -0.2) is 8.42 Å². The molecule has 0 heterocycles. The van der Waals surface area contributed by atoms with E-state index in [4.69, 9.17) is 0 Å². The van der Waals surface area contributed by atoms with Gasteiger partial charge in [-0.3, -0.25) is 0 Å². The molecule has 0 aliphatic heterocycles. The standard InChI is InChI=1S/C16H25NO2S/c1-4-17-16(12(2)20(3,18)19)15-10-6-9-14(11-15)13-7-5-8-13/h6,9-13,16-17H,4-5,7-8H2,1-3H3. The van der Waals surface area contributed by atoms with E-state index in [0.29, 0.717) is 5.92 Å². The highest BCUT2D eigenvalue weighted by atomic mass is 32.2. The first-order valence-corrected chi connectivity index (χ1v) is 9.41. The molecule has 1 aliphatic rings. The molecule has 1 aliphatic carbocycles. The third kappa shape index (κ3) is 3.41. The summed E-state index contributed by atoms with van der Waals surface area (Å²) in [5.41, 5.74) is 2.45. The molecule has 0 radical (unpaired) electrons. The number of hydrogen-bond donors (Lipinski definition) is 1. The molecule has 1 aromatic rings. The van der Waals surface area contributed by atoms with E-state index in [1.807, 2.05) is 13.0 Å². The van der Waals surface area contributed by atoms with Gasteiger partial charge in [0.15, 0.2) is 9.84 Å². The third-order valence-electron chi connectivity index (χ3n) is 4.42. The van der Waals surface area contributed by atoms with E-state index in [1.165, 1.54) is 31.1 Å². The van der Waals surface area contributed by atoms with Crippen molar-refractivity contribution in [2.24, 2.45) is 0 Å². The molecule has 20 heavy (non-hydrogen) atoms. The summed E-state index contributed by atoms with van der Waals surface area (Å²) >= 11 is 0. The van der Waals surface area contributed by atoms with Crippen molar-refractivity contribution >= 4 is 9.84 Å². The zero-order chi connectivity index (χ0) is 14.8. The fraction of sp³-hybridized carbons (Fsp3) is 0.625. The van der Waals surface area contributed by atoms with Gasteiger partial charge in [0.05, 0.1) is 5.25 Å². The first-order valence-electron chi connectivity index (χ1n) is 7.45. The SMILES string of the molecule is CCNC(c1cccc(C2CCC2)c1)C(C)S(C)(=O)=O. The second kappa shape index (κ2) is 6.27. The Morgan fingerprint density at radius 2 is 2.05 bits per heavy atom. The summed E-state index contributed by atoms with van der Waals surface area (Å²) in [6.45, 7) is 4.56. The fourth-order valence-corrected chi connectivity index (χ4v) is 3.52. The second-order valence-corrected chi connectivity index (χ2v) is 8.27. The van der Waals surface area contributed by atoms with Gasteiger partial charge in [-0.15, -0.1) is 0 Å². The monoisotopic (exact) mass is 295 g/mol. The highest BCUT2D eigenvalue weighted by molar-refractivity contribution is 7.91. The lowest BCUT2D eigenvalue weighted by atomic mass is 9.79. The van der Waals surface area contributed by atoms with Crippen LogP contribution in [-0.2, 0) is 9.84 Å². The molecular weight excluding hydrogens is 270 g/mol. The molecule has 0 aromatic heterocycles. The van der Waals surface area contributed by atoms with Crippen molar-refractivity contribution in [1.82, 2.24) is 5.32 Å². The van der Waals surface area contributed by atoms with Crippen LogP contribution in [0.15, 0.2) is 24.3 Å². The highest BCUT2D eigenvalue weighted by Gasteiger charge is 2.27. The summed E-state index contributed by atoms with van der Waals surface area (Å²) < 4.78 is 23.7. The van der Waals surface area contributed by atoms with E-state index < -0.39 is 15.1 Å². The van der Waals surface area contributed by atoms with Gasteiger partial charge in [0, 0.05) is 12.3 Å². The first-order chi connectivity index (χ1) is 9.43. The average molecular weight is 295 g/mol. The summed E-state index contributed by atoms with van der Waals surface area (Å²) in [6.07, 6.45) is 5.15. The van der Waals surface area contributed by atoms with Crippen molar-refractivity contribution in [2.75, 3.05) is 12.8 Å². The zero-order valence-corrected chi connectivity index (χ0v) is 13.4. The van der Waals surface area contributed by atoms with Crippen LogP contribution in [0.5, 0.6) is 0 Å². The van der Waals surface area contributed by atoms with E-state index in [2.05, 4.69) is 23.5 Å². The van der Waals surface area contributed by atoms with Gasteiger partial charge in [0.25, 0.3) is 0 Å². The lowest BCUT2D eigenvalue weighted by Gasteiger charge is -2.28. The summed E-state index contributed by atoms with van der Waals surface area (Å²) in [6, 6.07) is 8.33. The number of sulfone groups is 1. The number of benzene rings is 1. The Hall–Kier alpha value is -0.870. The molecule has 2 rings (SSSR count). The Balaban J connectivity index is 2.28. The Morgan fingerprint density at radius 3 is 2.55 bits per heavy atom. The molecule has 1 fully saturated rings. The van der Waals surface area contributed by atoms with Crippen molar-refractivity contribution in [3.63, 3.8) is 0 Å². The molecule has 112 valence electrons. The van der Waals surface area contributed by atoms with Crippen LogP contribution >= 0.6 is 0 Å². The zero-order valence-electron chi connectivity index (χ0n) is 12.6. The normalized spacial score (nSPS) is 19.4. The van der Waals surface area contributed by atoms with Gasteiger partial charge >= 0.3 is 0 Å². The molecule has 2 atom stereocenters. The summed E-state index contributed by atoms with van der Waals surface area (Å²) in [7, 11) is -3.06. The second-order valence-electron chi connectivity index (χ2n) is 5.87. The molecular formula is C16H25NO2S. The van der Waals surface area contributed by atoms with Crippen LogP contribution in [0.2, 0.25) is 0 Å². The predicted molar refractivity (Wildman–Crippen MR) is 83.8 cm³/mol. The summed E-state index contributed by atoms with van der Waals surface area (Å²) in [5, 5.41) is 2.91. The van der Waals surface area contributed by atoms with Crippen molar-refractivity contribution in [1.29, 1.82) is 0 Å². The Bertz CT molecular complexity index is 549. The number of nitrogens with one attached hydrogen (secondary N) is 1. The minimum absolute atomic E-state index is 0.130. The van der Waals surface area contributed by atoms with Crippen LogP contribution in [0.1, 0.15) is 56.2 Å². The van der Waals surface area contributed by atoms with Gasteiger partial charge < -0.3 is 5.32 Å². The molecule has 2 unspecified atom stereocenters. The highest BCUT2D eigenvalue weighted by Crippen LogP contribution is 2.37. The summed E-state index contributed by atoms with van der Waals surface area (Å²) in [5.74, 6) is 0.672. The molecule has 4 heteroatoms. The number of hydrogen-bond acceptors (Lipinski definition) is 3. The Labute approximate surface area is 122 Å². The van der Waals surface area contributed by atoms with Crippen LogP contribution < -0.4 is 5.32 Å². The quantitative estimate of drug-likeness (QED) is 0.877. The van der Waals surface area contributed by atoms with Gasteiger partial charge in [-0.1, -0.05) is 37.6 Å². The number of rotatable bonds is 6. The molecule has 1 aromatic carbocycles. The maximum Gasteiger partial charge on any atom is 0.151 e. The van der Waals surface area contributed by atoms with E-state index in [1.54, 1.807) is 6.92 Å². The Kier molecular flexibility index (Phi) is 4.86. The lowest BCUT2D eigenvalue weighted by molar-refractivity contribution is 0.418. The largest absolute Gasteiger partial charge is 0.309 e. The minimum Gasteiger partial charge on any atom is -0.309 e. The molecule has 3 nitrogen and oxygen atoms in total. The van der Waals surface area contributed by atoms with Gasteiger partial charge in [-0.05, 0) is 43.4 Å². The smallest absolute Gasteiger partial charge is 0.151 e. The first kappa shape index (κ1) is 15.5. The van der Waals surface area contributed by atoms with Gasteiger partial charge in [0.1, 0.15) is 0 Å². The Morgan fingerprint density at radius 1 is 1.35 bits per heavy atom. The van der Waals surface area contributed by atoms with E-state index >= 15 is 0 Å². The molecule has 0 amide bonds. The molecule has 0 saturated heterocycles. The minimum atomic E-state index is -3.06. The van der Waals surface area contributed by atoms with Gasteiger partial charge in [0.2, 0.25) is 0 Å². The van der Waals surface area contributed by atoms with Crippen LogP contribution in [0.4, 0.5) is 0 Å². The van der Waals surface area contributed by atoms with E-state index in [0.717, 1.165) is 12.1 Å². The van der Waals surface area contributed by atoms with E-state index in [-0.39, 0.29) is 6.04 Å². The fourth-order valence-electron chi connectivity index (χ4n) is 2.77.